The summed E-state index contributed by atoms with van der Waals surface area (Å²) in [7, 11) is -1.21. The number of ether oxygens (including phenoxy) is 3. The Kier molecular flexibility index (Phi) is 8.02. The van der Waals surface area contributed by atoms with E-state index in [1.54, 1.807) is 6.92 Å². The number of hydrogen-bond donors (Lipinski definition) is 0. The minimum absolute atomic E-state index is 0.275. The maximum atomic E-state index is 6.66. The monoisotopic (exact) mass is 512 g/mol. The van der Waals surface area contributed by atoms with Crippen LogP contribution in [0.1, 0.15) is 6.92 Å². The molecule has 0 spiro atoms. The molecule has 35 heavy (non-hydrogen) atoms. The Morgan fingerprint density at radius 3 is 2.54 bits per heavy atom. The third-order valence-electron chi connectivity index (χ3n) is 5.89. The average Bonchev–Trinajstić information content (AvgIpc) is 3.16. The summed E-state index contributed by atoms with van der Waals surface area (Å²) in [5, 5.41) is 0.525. The molecule has 4 rings (SSSR count). The van der Waals surface area contributed by atoms with E-state index >= 15 is 0 Å². The SMILES string of the molecule is C#CC(C)Oc1nc2cc(Cl)c(-c3ccc(N4CCOCC4)cc3)nc2n1COCC[Si](C)(C)C. The molecule has 0 N–H and O–H groups in total. The molecular formula is C26H33ClN4O3Si. The second kappa shape index (κ2) is 11.0. The third kappa shape index (κ3) is 6.36. The minimum Gasteiger partial charge on any atom is -0.448 e. The Morgan fingerprint density at radius 2 is 1.89 bits per heavy atom. The predicted octanol–water partition coefficient (Wildman–Crippen LogP) is 5.30. The van der Waals surface area contributed by atoms with Crippen molar-refractivity contribution in [1.29, 1.82) is 0 Å². The van der Waals surface area contributed by atoms with Crippen LogP contribution in [0.25, 0.3) is 22.4 Å². The number of fused-ring (bicyclic) bond motifs is 1. The molecule has 3 heterocycles. The Balaban J connectivity index is 1.64. The van der Waals surface area contributed by atoms with Crippen LogP contribution in [-0.4, -0.2) is 61.6 Å². The van der Waals surface area contributed by atoms with Gasteiger partial charge in [-0.3, -0.25) is 4.57 Å². The van der Waals surface area contributed by atoms with Gasteiger partial charge >= 0.3 is 6.01 Å². The fourth-order valence-corrected chi connectivity index (χ4v) is 4.80. The van der Waals surface area contributed by atoms with Crippen molar-refractivity contribution < 1.29 is 14.2 Å². The average molecular weight is 513 g/mol. The van der Waals surface area contributed by atoms with E-state index in [2.05, 4.69) is 47.6 Å². The van der Waals surface area contributed by atoms with Crippen molar-refractivity contribution in [1.82, 2.24) is 14.5 Å². The van der Waals surface area contributed by atoms with Crippen LogP contribution in [0.5, 0.6) is 6.01 Å². The normalized spacial score (nSPS) is 15.3. The highest BCUT2D eigenvalue weighted by atomic mass is 35.5. The molecule has 0 aliphatic carbocycles. The van der Waals surface area contributed by atoms with Crippen LogP contribution in [0.3, 0.4) is 0 Å². The molecule has 186 valence electrons. The molecule has 1 unspecified atom stereocenters. The van der Waals surface area contributed by atoms with Gasteiger partial charge in [-0.15, -0.1) is 6.42 Å². The lowest BCUT2D eigenvalue weighted by Gasteiger charge is -2.28. The van der Waals surface area contributed by atoms with Gasteiger partial charge in [0.1, 0.15) is 12.2 Å². The van der Waals surface area contributed by atoms with Gasteiger partial charge < -0.3 is 19.1 Å². The number of hydrogen-bond acceptors (Lipinski definition) is 6. The molecule has 1 atom stereocenters. The van der Waals surface area contributed by atoms with Crippen molar-refractivity contribution in [2.75, 3.05) is 37.8 Å². The molecule has 1 aromatic carbocycles. The number of pyridine rings is 1. The lowest BCUT2D eigenvalue weighted by Crippen LogP contribution is -2.36. The molecule has 1 aliphatic rings. The highest BCUT2D eigenvalue weighted by Crippen LogP contribution is 2.32. The van der Waals surface area contributed by atoms with Crippen LogP contribution >= 0.6 is 11.6 Å². The molecular weight excluding hydrogens is 480 g/mol. The van der Waals surface area contributed by atoms with E-state index in [-0.39, 0.29) is 6.73 Å². The maximum Gasteiger partial charge on any atom is 0.301 e. The van der Waals surface area contributed by atoms with Gasteiger partial charge in [0.2, 0.25) is 0 Å². The summed E-state index contributed by atoms with van der Waals surface area (Å²) in [6.07, 6.45) is 5.10. The largest absolute Gasteiger partial charge is 0.448 e. The molecule has 1 fully saturated rings. The van der Waals surface area contributed by atoms with Gasteiger partial charge in [-0.1, -0.05) is 49.3 Å². The van der Waals surface area contributed by atoms with Crippen molar-refractivity contribution >= 4 is 36.5 Å². The Labute approximate surface area is 213 Å². The van der Waals surface area contributed by atoms with Crippen LogP contribution in [0.4, 0.5) is 5.69 Å². The molecule has 0 saturated carbocycles. The van der Waals surface area contributed by atoms with E-state index in [9.17, 15) is 0 Å². The highest BCUT2D eigenvalue weighted by molar-refractivity contribution is 6.76. The lowest BCUT2D eigenvalue weighted by atomic mass is 10.1. The number of imidazole rings is 1. The van der Waals surface area contributed by atoms with Crippen LogP contribution in [0, 0.1) is 12.3 Å². The summed E-state index contributed by atoms with van der Waals surface area (Å²) in [5.41, 5.74) is 4.06. The number of nitrogens with zero attached hydrogens (tertiary/aromatic N) is 4. The van der Waals surface area contributed by atoms with Crippen LogP contribution < -0.4 is 9.64 Å². The van der Waals surface area contributed by atoms with E-state index in [1.165, 1.54) is 0 Å². The van der Waals surface area contributed by atoms with Crippen LogP contribution in [0.15, 0.2) is 30.3 Å². The zero-order valence-electron chi connectivity index (χ0n) is 20.9. The molecule has 1 aliphatic heterocycles. The van der Waals surface area contributed by atoms with Gasteiger partial charge in [0.05, 0.1) is 23.9 Å². The summed E-state index contributed by atoms with van der Waals surface area (Å²) in [6.45, 7) is 13.0. The van der Waals surface area contributed by atoms with Gasteiger partial charge in [0, 0.05) is 39.0 Å². The molecule has 1 saturated heterocycles. The van der Waals surface area contributed by atoms with Crippen molar-refractivity contribution in [2.24, 2.45) is 0 Å². The summed E-state index contributed by atoms with van der Waals surface area (Å²) in [4.78, 5) is 11.8. The van der Waals surface area contributed by atoms with Gasteiger partial charge in [-0.2, -0.15) is 4.98 Å². The first-order valence-corrected chi connectivity index (χ1v) is 16.0. The Morgan fingerprint density at radius 1 is 1.17 bits per heavy atom. The number of halogens is 1. The van der Waals surface area contributed by atoms with E-state index in [0.29, 0.717) is 34.5 Å². The van der Waals surface area contributed by atoms with Gasteiger partial charge in [-0.25, -0.2) is 4.98 Å². The lowest BCUT2D eigenvalue weighted by molar-refractivity contribution is 0.0796. The molecule has 9 heteroatoms. The highest BCUT2D eigenvalue weighted by Gasteiger charge is 2.20. The van der Waals surface area contributed by atoms with Crippen molar-refractivity contribution in [3.8, 4) is 29.6 Å². The fourth-order valence-electron chi connectivity index (χ4n) is 3.79. The van der Waals surface area contributed by atoms with E-state index < -0.39 is 14.2 Å². The van der Waals surface area contributed by atoms with Crippen molar-refractivity contribution in [2.45, 2.75) is 45.4 Å². The minimum atomic E-state index is -1.21. The summed E-state index contributed by atoms with van der Waals surface area (Å²) in [5.74, 6) is 2.58. The zero-order valence-corrected chi connectivity index (χ0v) is 22.6. The molecule has 0 radical (unpaired) electrons. The number of rotatable bonds is 9. The quantitative estimate of drug-likeness (QED) is 0.220. The van der Waals surface area contributed by atoms with E-state index in [1.807, 2.05) is 22.8 Å². The smallest absolute Gasteiger partial charge is 0.301 e. The van der Waals surface area contributed by atoms with Crippen molar-refractivity contribution in [3.63, 3.8) is 0 Å². The first-order valence-electron chi connectivity index (χ1n) is 12.0. The number of morpholine rings is 1. The number of terminal acetylenes is 1. The molecule has 0 bridgehead atoms. The first kappa shape index (κ1) is 25.5. The number of aromatic nitrogens is 3. The van der Waals surface area contributed by atoms with Gasteiger partial charge in [0.25, 0.3) is 0 Å². The second-order valence-corrected chi connectivity index (χ2v) is 15.9. The van der Waals surface area contributed by atoms with E-state index in [4.69, 9.17) is 37.2 Å². The summed E-state index contributed by atoms with van der Waals surface area (Å²) >= 11 is 6.66. The third-order valence-corrected chi connectivity index (χ3v) is 7.88. The second-order valence-electron chi connectivity index (χ2n) is 9.90. The zero-order chi connectivity index (χ0) is 25.0. The van der Waals surface area contributed by atoms with Gasteiger partial charge in [-0.05, 0) is 31.2 Å². The molecule has 2 aromatic heterocycles. The van der Waals surface area contributed by atoms with Gasteiger partial charge in [0.15, 0.2) is 11.8 Å². The number of anilines is 1. The topological polar surface area (TPSA) is 61.6 Å². The summed E-state index contributed by atoms with van der Waals surface area (Å²) < 4.78 is 19.2. The van der Waals surface area contributed by atoms with E-state index in [0.717, 1.165) is 43.6 Å². The predicted molar refractivity (Wildman–Crippen MR) is 144 cm³/mol. The Bertz CT molecular complexity index is 1190. The fraction of sp³-hybridized carbons (Fsp3) is 0.462. The number of benzene rings is 1. The molecule has 0 amide bonds. The standard InChI is InChI=1S/C26H33ClN4O3Si/c1-6-19(2)34-26-28-23-17-22(27)24(29-25(23)31(26)18-33-15-16-35(3,4)5)20-7-9-21(10-8-20)30-11-13-32-14-12-30/h1,7-10,17,19H,11-16,18H2,2-5H3. The Hall–Kier alpha value is -2.57. The maximum absolute atomic E-state index is 6.66. The molecule has 3 aromatic rings. The molecule has 7 nitrogen and oxygen atoms in total. The van der Waals surface area contributed by atoms with Crippen LogP contribution in [-0.2, 0) is 16.2 Å². The van der Waals surface area contributed by atoms with Crippen molar-refractivity contribution in [3.05, 3.63) is 35.4 Å². The first-order chi connectivity index (χ1) is 16.7. The van der Waals surface area contributed by atoms with Crippen LogP contribution in [0.2, 0.25) is 30.7 Å². The summed E-state index contributed by atoms with van der Waals surface area (Å²) in [6, 6.07) is 11.6.